The van der Waals surface area contributed by atoms with E-state index in [0.717, 1.165) is 32.4 Å². The Morgan fingerprint density at radius 1 is 1.67 bits per heavy atom. The molecule has 100 valence electrons. The van der Waals surface area contributed by atoms with Crippen LogP contribution in [0.5, 0.6) is 0 Å². The molecule has 1 aliphatic heterocycles. The molecule has 2 N–H and O–H groups in total. The number of rotatable bonds is 5. The summed E-state index contributed by atoms with van der Waals surface area (Å²) in [5.74, 6) is 0.767. The van der Waals surface area contributed by atoms with Gasteiger partial charge in [0, 0.05) is 19.5 Å². The lowest BCUT2D eigenvalue weighted by molar-refractivity contribution is -0.132. The zero-order valence-corrected chi connectivity index (χ0v) is 10.7. The first-order valence-corrected chi connectivity index (χ1v) is 6.51. The van der Waals surface area contributed by atoms with Crippen molar-refractivity contribution in [2.45, 2.75) is 32.6 Å². The van der Waals surface area contributed by atoms with Gasteiger partial charge in [-0.25, -0.2) is 0 Å². The second-order valence-electron chi connectivity index (χ2n) is 4.77. The molecule has 1 fully saturated rings. The van der Waals surface area contributed by atoms with Crippen molar-refractivity contribution in [3.8, 4) is 0 Å². The molecule has 0 radical (unpaired) electrons. The van der Waals surface area contributed by atoms with E-state index in [-0.39, 0.29) is 11.3 Å². The molecule has 0 aliphatic carbocycles. The second kappa shape index (κ2) is 5.95. The molecule has 1 amide bonds. The minimum absolute atomic E-state index is 0.140. The first-order chi connectivity index (χ1) is 8.77. The Morgan fingerprint density at radius 2 is 2.56 bits per heavy atom. The maximum atomic E-state index is 12.3. The van der Waals surface area contributed by atoms with E-state index in [1.807, 2.05) is 0 Å². The standard InChI is InChI=1S/C12H20N4O2/c1-2-12(5-3-6-13-8-12)11(17)14-7-4-10-15-9-18-16-10/h9,13H,2-8H2,1H3,(H,14,17). The van der Waals surface area contributed by atoms with E-state index < -0.39 is 0 Å². The highest BCUT2D eigenvalue weighted by Gasteiger charge is 2.37. The molecule has 1 unspecified atom stereocenters. The van der Waals surface area contributed by atoms with Crippen LogP contribution in [0, 0.1) is 5.41 Å². The average molecular weight is 252 g/mol. The van der Waals surface area contributed by atoms with E-state index in [4.69, 9.17) is 0 Å². The lowest BCUT2D eigenvalue weighted by atomic mass is 9.77. The fourth-order valence-corrected chi connectivity index (χ4v) is 2.40. The van der Waals surface area contributed by atoms with Gasteiger partial charge in [0.2, 0.25) is 12.3 Å². The van der Waals surface area contributed by atoms with Crippen molar-refractivity contribution < 1.29 is 9.32 Å². The summed E-state index contributed by atoms with van der Waals surface area (Å²) in [7, 11) is 0. The molecule has 6 heteroatoms. The van der Waals surface area contributed by atoms with Gasteiger partial charge in [-0.3, -0.25) is 4.79 Å². The third-order valence-corrected chi connectivity index (χ3v) is 3.67. The van der Waals surface area contributed by atoms with Gasteiger partial charge in [0.25, 0.3) is 0 Å². The Hall–Kier alpha value is -1.43. The smallest absolute Gasteiger partial charge is 0.227 e. The summed E-state index contributed by atoms with van der Waals surface area (Å²) in [5.41, 5.74) is -0.241. The highest BCUT2D eigenvalue weighted by Crippen LogP contribution is 2.30. The van der Waals surface area contributed by atoms with Crippen LogP contribution in [-0.4, -0.2) is 35.7 Å². The van der Waals surface area contributed by atoms with Gasteiger partial charge in [0.05, 0.1) is 5.41 Å². The fourth-order valence-electron chi connectivity index (χ4n) is 2.40. The SMILES string of the molecule is CCC1(C(=O)NCCc2ncon2)CCCNC1. The van der Waals surface area contributed by atoms with E-state index in [1.54, 1.807) is 0 Å². The molecule has 6 nitrogen and oxygen atoms in total. The number of nitrogens with zero attached hydrogens (tertiary/aromatic N) is 2. The highest BCUT2D eigenvalue weighted by atomic mass is 16.5. The van der Waals surface area contributed by atoms with E-state index in [9.17, 15) is 4.79 Å². The maximum absolute atomic E-state index is 12.3. The van der Waals surface area contributed by atoms with Crippen molar-refractivity contribution in [3.05, 3.63) is 12.2 Å². The highest BCUT2D eigenvalue weighted by molar-refractivity contribution is 5.83. The molecule has 0 aromatic carbocycles. The quantitative estimate of drug-likeness (QED) is 0.798. The Bertz CT molecular complexity index is 371. The zero-order chi connectivity index (χ0) is 12.8. The van der Waals surface area contributed by atoms with Gasteiger partial charge in [-0.2, -0.15) is 4.98 Å². The predicted molar refractivity (Wildman–Crippen MR) is 65.8 cm³/mol. The third-order valence-electron chi connectivity index (χ3n) is 3.67. The van der Waals surface area contributed by atoms with Crippen molar-refractivity contribution in [2.75, 3.05) is 19.6 Å². The van der Waals surface area contributed by atoms with E-state index in [1.165, 1.54) is 6.39 Å². The minimum Gasteiger partial charge on any atom is -0.355 e. The van der Waals surface area contributed by atoms with Crippen LogP contribution in [0.15, 0.2) is 10.9 Å². The number of aromatic nitrogens is 2. The molecule has 2 heterocycles. The van der Waals surface area contributed by atoms with Crippen LogP contribution < -0.4 is 10.6 Å². The fraction of sp³-hybridized carbons (Fsp3) is 0.750. The van der Waals surface area contributed by atoms with Gasteiger partial charge in [-0.05, 0) is 25.8 Å². The number of hydrogen-bond acceptors (Lipinski definition) is 5. The lowest BCUT2D eigenvalue weighted by Gasteiger charge is -2.35. The van der Waals surface area contributed by atoms with Crippen LogP contribution in [0.1, 0.15) is 32.0 Å². The molecule has 1 saturated heterocycles. The summed E-state index contributed by atoms with van der Waals surface area (Å²) in [5, 5.41) is 10.0. The normalized spacial score (nSPS) is 23.8. The maximum Gasteiger partial charge on any atom is 0.227 e. The minimum atomic E-state index is -0.241. The molecule has 0 spiro atoms. The van der Waals surface area contributed by atoms with Crippen molar-refractivity contribution in [2.24, 2.45) is 5.41 Å². The second-order valence-corrected chi connectivity index (χ2v) is 4.77. The van der Waals surface area contributed by atoms with Crippen LogP contribution in [0.2, 0.25) is 0 Å². The van der Waals surface area contributed by atoms with Gasteiger partial charge < -0.3 is 15.2 Å². The zero-order valence-electron chi connectivity index (χ0n) is 10.7. The van der Waals surface area contributed by atoms with Crippen molar-refractivity contribution in [1.29, 1.82) is 0 Å². The number of carbonyl (C=O) groups is 1. The number of piperidine rings is 1. The van der Waals surface area contributed by atoms with Gasteiger partial charge in [-0.15, -0.1) is 0 Å². The van der Waals surface area contributed by atoms with Crippen molar-refractivity contribution in [1.82, 2.24) is 20.8 Å². The van der Waals surface area contributed by atoms with Gasteiger partial charge in [0.15, 0.2) is 5.82 Å². The number of hydrogen-bond donors (Lipinski definition) is 2. The predicted octanol–water partition coefficient (Wildman–Crippen LogP) is 0.508. The summed E-state index contributed by atoms with van der Waals surface area (Å²) in [6.45, 7) is 4.42. The Labute approximate surface area is 107 Å². The molecule has 2 rings (SSSR count). The summed E-state index contributed by atoms with van der Waals surface area (Å²) >= 11 is 0. The summed E-state index contributed by atoms with van der Waals surface area (Å²) in [6.07, 6.45) is 4.80. The van der Waals surface area contributed by atoms with Crippen molar-refractivity contribution >= 4 is 5.91 Å². The number of amides is 1. The molecule has 0 saturated carbocycles. The summed E-state index contributed by atoms with van der Waals surface area (Å²) in [6, 6.07) is 0. The Kier molecular flexibility index (Phi) is 4.30. The molecule has 1 aliphatic rings. The van der Waals surface area contributed by atoms with Crippen LogP contribution in [0.25, 0.3) is 0 Å². The monoisotopic (exact) mass is 252 g/mol. The topological polar surface area (TPSA) is 80.1 Å². The first kappa shape index (κ1) is 13.0. The third kappa shape index (κ3) is 2.87. The molecule has 1 aromatic heterocycles. The van der Waals surface area contributed by atoms with Gasteiger partial charge in [0.1, 0.15) is 0 Å². The molecular weight excluding hydrogens is 232 g/mol. The van der Waals surface area contributed by atoms with Crippen LogP contribution in [-0.2, 0) is 11.2 Å². The van der Waals surface area contributed by atoms with Gasteiger partial charge in [-0.1, -0.05) is 12.1 Å². The van der Waals surface area contributed by atoms with Crippen molar-refractivity contribution in [3.63, 3.8) is 0 Å². The molecule has 0 bridgehead atoms. The first-order valence-electron chi connectivity index (χ1n) is 6.51. The largest absolute Gasteiger partial charge is 0.355 e. The molecule has 1 aromatic rings. The Balaban J connectivity index is 1.82. The van der Waals surface area contributed by atoms with E-state index in [0.29, 0.717) is 18.8 Å². The van der Waals surface area contributed by atoms with Crippen LogP contribution in [0.4, 0.5) is 0 Å². The van der Waals surface area contributed by atoms with Crippen LogP contribution >= 0.6 is 0 Å². The molecular formula is C12H20N4O2. The lowest BCUT2D eigenvalue weighted by Crippen LogP contribution is -2.50. The number of nitrogens with one attached hydrogen (secondary N) is 2. The molecule has 1 atom stereocenters. The number of carbonyl (C=O) groups excluding carboxylic acids is 1. The van der Waals surface area contributed by atoms with E-state index >= 15 is 0 Å². The van der Waals surface area contributed by atoms with E-state index in [2.05, 4.69) is 32.2 Å². The van der Waals surface area contributed by atoms with Gasteiger partial charge >= 0.3 is 0 Å². The average Bonchev–Trinajstić information content (AvgIpc) is 2.92. The Morgan fingerprint density at radius 3 is 3.17 bits per heavy atom. The summed E-state index contributed by atoms with van der Waals surface area (Å²) in [4.78, 5) is 16.2. The summed E-state index contributed by atoms with van der Waals surface area (Å²) < 4.78 is 4.65. The molecule has 18 heavy (non-hydrogen) atoms. The van der Waals surface area contributed by atoms with Crippen LogP contribution in [0.3, 0.4) is 0 Å².